The molecule has 0 fully saturated rings. The summed E-state index contributed by atoms with van der Waals surface area (Å²) < 4.78 is 15.9. The SMILES string of the molecule is COC(=O)[C@H]1C(C)=CC(=O)O[C@H]1[C@H](C)COCc1ccccc1. The molecule has 124 valence electrons. The molecule has 1 aliphatic heterocycles. The van der Waals surface area contributed by atoms with Crippen molar-refractivity contribution in [3.05, 3.63) is 47.5 Å². The van der Waals surface area contributed by atoms with E-state index in [0.29, 0.717) is 18.8 Å². The maximum absolute atomic E-state index is 12.0. The van der Waals surface area contributed by atoms with Crippen molar-refractivity contribution in [2.75, 3.05) is 13.7 Å². The van der Waals surface area contributed by atoms with E-state index in [2.05, 4.69) is 0 Å². The fourth-order valence-corrected chi connectivity index (χ4v) is 2.69. The number of hydrogen-bond donors (Lipinski definition) is 0. The fourth-order valence-electron chi connectivity index (χ4n) is 2.69. The van der Waals surface area contributed by atoms with Gasteiger partial charge in [0.15, 0.2) is 0 Å². The fraction of sp³-hybridized carbons (Fsp3) is 0.444. The molecule has 1 heterocycles. The molecule has 0 amide bonds. The second-order valence-corrected chi connectivity index (χ2v) is 5.77. The summed E-state index contributed by atoms with van der Waals surface area (Å²) >= 11 is 0. The quantitative estimate of drug-likeness (QED) is 0.754. The summed E-state index contributed by atoms with van der Waals surface area (Å²) in [5.74, 6) is -1.53. The van der Waals surface area contributed by atoms with Crippen molar-refractivity contribution in [3.8, 4) is 0 Å². The van der Waals surface area contributed by atoms with Gasteiger partial charge in [-0.1, -0.05) is 37.3 Å². The predicted molar refractivity (Wildman–Crippen MR) is 84.4 cm³/mol. The lowest BCUT2D eigenvalue weighted by Gasteiger charge is -2.32. The average molecular weight is 318 g/mol. The Bertz CT molecular complexity index is 578. The van der Waals surface area contributed by atoms with Crippen LogP contribution in [0.2, 0.25) is 0 Å². The minimum Gasteiger partial charge on any atom is -0.468 e. The summed E-state index contributed by atoms with van der Waals surface area (Å²) in [6.45, 7) is 4.50. The van der Waals surface area contributed by atoms with E-state index in [1.165, 1.54) is 13.2 Å². The molecular weight excluding hydrogens is 296 g/mol. The maximum atomic E-state index is 12.0. The van der Waals surface area contributed by atoms with Gasteiger partial charge in [0, 0.05) is 12.0 Å². The number of hydrogen-bond acceptors (Lipinski definition) is 5. The van der Waals surface area contributed by atoms with Gasteiger partial charge in [0.25, 0.3) is 0 Å². The van der Waals surface area contributed by atoms with Crippen molar-refractivity contribution >= 4 is 11.9 Å². The van der Waals surface area contributed by atoms with Crippen LogP contribution in [-0.2, 0) is 30.4 Å². The summed E-state index contributed by atoms with van der Waals surface area (Å²) in [6, 6.07) is 9.81. The molecule has 0 aliphatic carbocycles. The number of rotatable bonds is 6. The van der Waals surface area contributed by atoms with Crippen LogP contribution in [0.3, 0.4) is 0 Å². The molecule has 0 radical (unpaired) electrons. The Hall–Kier alpha value is -2.14. The van der Waals surface area contributed by atoms with Crippen LogP contribution < -0.4 is 0 Å². The molecule has 1 aromatic rings. The average Bonchev–Trinajstić information content (AvgIpc) is 2.54. The highest BCUT2D eigenvalue weighted by Crippen LogP contribution is 2.29. The second kappa shape index (κ2) is 7.92. The molecule has 5 nitrogen and oxygen atoms in total. The van der Waals surface area contributed by atoms with Crippen molar-refractivity contribution in [3.63, 3.8) is 0 Å². The first kappa shape index (κ1) is 17.2. The van der Waals surface area contributed by atoms with Crippen LogP contribution in [0, 0.1) is 11.8 Å². The van der Waals surface area contributed by atoms with Crippen LogP contribution in [0.15, 0.2) is 42.0 Å². The minimum atomic E-state index is -0.576. The van der Waals surface area contributed by atoms with E-state index in [1.54, 1.807) is 6.92 Å². The van der Waals surface area contributed by atoms with E-state index < -0.39 is 24.0 Å². The number of esters is 2. The van der Waals surface area contributed by atoms with Crippen LogP contribution in [0.5, 0.6) is 0 Å². The Balaban J connectivity index is 1.98. The molecule has 0 N–H and O–H groups in total. The highest BCUT2D eigenvalue weighted by molar-refractivity contribution is 5.88. The molecule has 1 aromatic carbocycles. The lowest BCUT2D eigenvalue weighted by atomic mass is 9.85. The highest BCUT2D eigenvalue weighted by Gasteiger charge is 2.40. The zero-order valence-corrected chi connectivity index (χ0v) is 13.7. The highest BCUT2D eigenvalue weighted by atomic mass is 16.6. The van der Waals surface area contributed by atoms with Crippen molar-refractivity contribution < 1.29 is 23.8 Å². The first-order valence-electron chi connectivity index (χ1n) is 7.61. The third-order valence-corrected chi connectivity index (χ3v) is 3.93. The van der Waals surface area contributed by atoms with Crippen LogP contribution >= 0.6 is 0 Å². The molecule has 5 heteroatoms. The molecular formula is C18H22O5. The normalized spacial score (nSPS) is 22.0. The predicted octanol–water partition coefficient (Wildman–Crippen LogP) is 2.50. The Morgan fingerprint density at radius 1 is 1.30 bits per heavy atom. The van der Waals surface area contributed by atoms with Gasteiger partial charge < -0.3 is 14.2 Å². The van der Waals surface area contributed by atoms with Crippen LogP contribution in [0.4, 0.5) is 0 Å². The van der Waals surface area contributed by atoms with Gasteiger partial charge >= 0.3 is 11.9 Å². The molecule has 0 saturated carbocycles. The molecule has 0 aromatic heterocycles. The number of carbonyl (C=O) groups excluding carboxylic acids is 2. The van der Waals surface area contributed by atoms with Crippen molar-refractivity contribution in [2.24, 2.45) is 11.8 Å². The van der Waals surface area contributed by atoms with E-state index in [4.69, 9.17) is 14.2 Å². The summed E-state index contributed by atoms with van der Waals surface area (Å²) in [5, 5.41) is 0. The number of benzene rings is 1. The molecule has 2 rings (SSSR count). The molecule has 0 bridgehead atoms. The summed E-state index contributed by atoms with van der Waals surface area (Å²) in [5.41, 5.74) is 1.73. The van der Waals surface area contributed by atoms with Crippen LogP contribution in [0.1, 0.15) is 19.4 Å². The minimum absolute atomic E-state index is 0.129. The standard InChI is InChI=1S/C18H22O5/c1-12-9-15(19)23-17(16(12)18(20)21-3)13(2)10-22-11-14-7-5-4-6-8-14/h4-9,13,16-17H,10-11H2,1-3H3/t13-,16+,17+/m1/s1. The van der Waals surface area contributed by atoms with Gasteiger partial charge in [0.1, 0.15) is 12.0 Å². The van der Waals surface area contributed by atoms with Crippen molar-refractivity contribution in [1.82, 2.24) is 0 Å². The largest absolute Gasteiger partial charge is 0.468 e. The van der Waals surface area contributed by atoms with Gasteiger partial charge in [-0.05, 0) is 18.1 Å². The Morgan fingerprint density at radius 2 is 2.00 bits per heavy atom. The van der Waals surface area contributed by atoms with Gasteiger partial charge in [-0.2, -0.15) is 0 Å². The first-order chi connectivity index (χ1) is 11.0. The Labute approximate surface area is 136 Å². The van der Waals surface area contributed by atoms with Gasteiger partial charge in [-0.15, -0.1) is 0 Å². The molecule has 23 heavy (non-hydrogen) atoms. The van der Waals surface area contributed by atoms with Crippen molar-refractivity contribution in [1.29, 1.82) is 0 Å². The topological polar surface area (TPSA) is 61.8 Å². The first-order valence-corrected chi connectivity index (χ1v) is 7.61. The third kappa shape index (κ3) is 4.42. The van der Waals surface area contributed by atoms with E-state index >= 15 is 0 Å². The molecule has 3 atom stereocenters. The Morgan fingerprint density at radius 3 is 2.65 bits per heavy atom. The number of cyclic esters (lactones) is 1. The number of carbonyl (C=O) groups is 2. The van der Waals surface area contributed by atoms with E-state index in [0.717, 1.165) is 5.56 Å². The third-order valence-electron chi connectivity index (χ3n) is 3.93. The van der Waals surface area contributed by atoms with Crippen LogP contribution in [-0.4, -0.2) is 31.8 Å². The molecule has 0 saturated heterocycles. The van der Waals surface area contributed by atoms with E-state index in [1.807, 2.05) is 37.3 Å². The summed E-state index contributed by atoms with van der Waals surface area (Å²) in [6.07, 6.45) is 0.769. The summed E-state index contributed by atoms with van der Waals surface area (Å²) in [4.78, 5) is 23.6. The summed E-state index contributed by atoms with van der Waals surface area (Å²) in [7, 11) is 1.33. The maximum Gasteiger partial charge on any atom is 0.331 e. The van der Waals surface area contributed by atoms with Gasteiger partial charge in [0.2, 0.25) is 0 Å². The van der Waals surface area contributed by atoms with Gasteiger partial charge in [-0.25, -0.2) is 4.79 Å². The molecule has 0 unspecified atom stereocenters. The lowest BCUT2D eigenvalue weighted by Crippen LogP contribution is -2.42. The van der Waals surface area contributed by atoms with E-state index in [9.17, 15) is 9.59 Å². The second-order valence-electron chi connectivity index (χ2n) is 5.77. The number of methoxy groups -OCH3 is 1. The van der Waals surface area contributed by atoms with E-state index in [-0.39, 0.29) is 5.92 Å². The van der Waals surface area contributed by atoms with Gasteiger partial charge in [0.05, 0.1) is 20.3 Å². The van der Waals surface area contributed by atoms with Crippen LogP contribution in [0.25, 0.3) is 0 Å². The zero-order valence-electron chi connectivity index (χ0n) is 13.7. The molecule has 0 spiro atoms. The van der Waals surface area contributed by atoms with Gasteiger partial charge in [-0.3, -0.25) is 4.79 Å². The zero-order chi connectivity index (χ0) is 16.8. The monoisotopic (exact) mass is 318 g/mol. The Kier molecular flexibility index (Phi) is 5.93. The molecule has 1 aliphatic rings. The lowest BCUT2D eigenvalue weighted by molar-refractivity contribution is -0.162. The van der Waals surface area contributed by atoms with Crippen molar-refractivity contribution in [2.45, 2.75) is 26.6 Å². The smallest absolute Gasteiger partial charge is 0.331 e. The number of ether oxygens (including phenoxy) is 3.